The first kappa shape index (κ1) is 26.0. The molecule has 8 heteroatoms. The first-order chi connectivity index (χ1) is 14.5. The molecule has 0 bridgehead atoms. The summed E-state index contributed by atoms with van der Waals surface area (Å²) in [4.78, 5) is 12.1. The van der Waals surface area contributed by atoms with Crippen LogP contribution in [-0.2, 0) is 29.8 Å². The van der Waals surface area contributed by atoms with Crippen molar-refractivity contribution in [3.8, 4) is 0 Å². The van der Waals surface area contributed by atoms with E-state index >= 15 is 0 Å². The van der Waals surface area contributed by atoms with Crippen LogP contribution in [-0.4, -0.2) is 48.7 Å². The lowest BCUT2D eigenvalue weighted by Gasteiger charge is -2.27. The van der Waals surface area contributed by atoms with Gasteiger partial charge in [-0.3, -0.25) is 4.90 Å². The van der Waals surface area contributed by atoms with Crippen molar-refractivity contribution in [2.24, 2.45) is 4.99 Å². The first-order valence-corrected chi connectivity index (χ1v) is 11.7. The van der Waals surface area contributed by atoms with Crippen molar-refractivity contribution >= 4 is 41.3 Å². The Morgan fingerprint density at radius 3 is 2.52 bits per heavy atom. The van der Waals surface area contributed by atoms with Crippen molar-refractivity contribution in [2.45, 2.75) is 52.7 Å². The van der Waals surface area contributed by atoms with Crippen molar-refractivity contribution in [2.75, 3.05) is 32.8 Å². The second-order valence-electron chi connectivity index (χ2n) is 8.58. The van der Waals surface area contributed by atoms with Crippen LogP contribution in [0, 0.1) is 0 Å². The summed E-state index contributed by atoms with van der Waals surface area (Å²) in [5.74, 6) is 0.825. The maximum atomic E-state index is 5.47. The molecule has 0 unspecified atom stereocenters. The highest BCUT2D eigenvalue weighted by molar-refractivity contribution is 14.0. The van der Waals surface area contributed by atoms with Gasteiger partial charge in [-0.15, -0.1) is 35.3 Å². The number of nitrogens with zero attached hydrogens (tertiary/aromatic N) is 3. The summed E-state index contributed by atoms with van der Waals surface area (Å²) in [5.41, 5.74) is 3.83. The first-order valence-electron chi connectivity index (χ1n) is 10.8. The summed E-state index contributed by atoms with van der Waals surface area (Å²) >= 11 is 1.70. The molecule has 0 spiro atoms. The van der Waals surface area contributed by atoms with Crippen molar-refractivity contribution in [1.29, 1.82) is 0 Å². The zero-order valence-corrected chi connectivity index (χ0v) is 22.3. The predicted molar refractivity (Wildman–Crippen MR) is 140 cm³/mol. The number of halogens is 1. The number of thiazole rings is 1. The van der Waals surface area contributed by atoms with Crippen LogP contribution in [0.2, 0.25) is 0 Å². The van der Waals surface area contributed by atoms with Gasteiger partial charge in [0, 0.05) is 37.0 Å². The van der Waals surface area contributed by atoms with Gasteiger partial charge in [0.15, 0.2) is 5.96 Å². The number of rotatable bonds is 7. The molecule has 172 valence electrons. The summed E-state index contributed by atoms with van der Waals surface area (Å²) < 4.78 is 5.47. The van der Waals surface area contributed by atoms with Crippen LogP contribution in [0.5, 0.6) is 0 Å². The molecule has 31 heavy (non-hydrogen) atoms. The van der Waals surface area contributed by atoms with Crippen LogP contribution in [0.1, 0.15) is 49.5 Å². The van der Waals surface area contributed by atoms with E-state index in [1.54, 1.807) is 11.3 Å². The minimum Gasteiger partial charge on any atom is -0.379 e. The van der Waals surface area contributed by atoms with Gasteiger partial charge >= 0.3 is 0 Å². The van der Waals surface area contributed by atoms with E-state index in [-0.39, 0.29) is 29.4 Å². The number of hydrogen-bond acceptors (Lipinski definition) is 5. The van der Waals surface area contributed by atoms with Gasteiger partial charge in [-0.2, -0.15) is 0 Å². The number of benzene rings is 1. The minimum absolute atomic E-state index is 0. The average molecular weight is 558 g/mol. The molecule has 1 aliphatic rings. The fourth-order valence-corrected chi connectivity index (χ4v) is 4.23. The summed E-state index contributed by atoms with van der Waals surface area (Å²) in [6.07, 6.45) is 0. The molecule has 2 aromatic rings. The maximum absolute atomic E-state index is 5.47. The molecule has 2 heterocycles. The molecule has 1 aromatic carbocycles. The summed E-state index contributed by atoms with van der Waals surface area (Å²) in [6, 6.07) is 8.60. The number of nitrogens with one attached hydrogen (secondary N) is 2. The number of morpholine rings is 1. The molecule has 0 radical (unpaired) electrons. The van der Waals surface area contributed by atoms with E-state index in [1.165, 1.54) is 11.1 Å². The zero-order chi connectivity index (χ0) is 21.4. The van der Waals surface area contributed by atoms with E-state index in [9.17, 15) is 0 Å². The lowest BCUT2D eigenvalue weighted by atomic mass is 9.93. The fourth-order valence-electron chi connectivity index (χ4n) is 3.27. The molecule has 1 fully saturated rings. The van der Waals surface area contributed by atoms with Crippen LogP contribution < -0.4 is 10.6 Å². The Balaban J connectivity index is 0.00000341. The topological polar surface area (TPSA) is 61.8 Å². The van der Waals surface area contributed by atoms with E-state index in [0.29, 0.717) is 13.1 Å². The standard InChI is InChI=1S/C23H35N5OS.HI/c1-5-24-22(26-15-21-27-20(17-30-21)23(2,3)4)25-14-18-8-6-7-9-19(18)16-28-10-12-29-13-11-28;/h6-9,17H,5,10-16H2,1-4H3,(H2,24,25,26);1H. The third-order valence-electron chi connectivity index (χ3n) is 5.10. The monoisotopic (exact) mass is 557 g/mol. The van der Waals surface area contributed by atoms with Crippen LogP contribution >= 0.6 is 35.3 Å². The highest BCUT2D eigenvalue weighted by Crippen LogP contribution is 2.23. The van der Waals surface area contributed by atoms with E-state index in [1.807, 2.05) is 0 Å². The Labute approximate surface area is 207 Å². The highest BCUT2D eigenvalue weighted by atomic mass is 127. The zero-order valence-electron chi connectivity index (χ0n) is 19.1. The summed E-state index contributed by atoms with van der Waals surface area (Å²) in [7, 11) is 0. The van der Waals surface area contributed by atoms with Crippen LogP contribution in [0.25, 0.3) is 0 Å². The van der Waals surface area contributed by atoms with E-state index in [2.05, 4.69) is 72.9 Å². The third-order valence-corrected chi connectivity index (χ3v) is 5.94. The lowest BCUT2D eigenvalue weighted by molar-refractivity contribution is 0.0341. The lowest BCUT2D eigenvalue weighted by Crippen LogP contribution is -2.37. The molecule has 1 aliphatic heterocycles. The van der Waals surface area contributed by atoms with Crippen molar-refractivity contribution in [1.82, 2.24) is 20.5 Å². The van der Waals surface area contributed by atoms with Gasteiger partial charge in [0.05, 0.1) is 32.0 Å². The van der Waals surface area contributed by atoms with Crippen LogP contribution in [0.3, 0.4) is 0 Å². The smallest absolute Gasteiger partial charge is 0.191 e. The Bertz CT molecular complexity index is 827. The van der Waals surface area contributed by atoms with Gasteiger partial charge in [-0.05, 0) is 18.1 Å². The molecule has 6 nitrogen and oxygen atoms in total. The van der Waals surface area contributed by atoms with E-state index < -0.39 is 0 Å². The number of hydrogen-bond donors (Lipinski definition) is 2. The predicted octanol–water partition coefficient (Wildman–Crippen LogP) is 4.15. The van der Waals surface area contributed by atoms with Crippen LogP contribution in [0.15, 0.2) is 34.6 Å². The van der Waals surface area contributed by atoms with E-state index in [4.69, 9.17) is 14.7 Å². The van der Waals surface area contributed by atoms with E-state index in [0.717, 1.165) is 56.1 Å². The molecule has 2 N–H and O–H groups in total. The minimum atomic E-state index is 0. The molecular weight excluding hydrogens is 521 g/mol. The quantitative estimate of drug-likeness (QED) is 0.305. The maximum Gasteiger partial charge on any atom is 0.191 e. The molecule has 0 atom stereocenters. The second-order valence-corrected chi connectivity index (χ2v) is 9.53. The molecule has 0 saturated carbocycles. The Kier molecular flexibility index (Phi) is 10.7. The third kappa shape index (κ3) is 8.32. The van der Waals surface area contributed by atoms with Gasteiger partial charge in [-0.25, -0.2) is 9.98 Å². The average Bonchev–Trinajstić information content (AvgIpc) is 3.21. The SMILES string of the molecule is CCNC(=NCc1ccccc1CN1CCOCC1)NCc1nc(C(C)(C)C)cs1.I. The van der Waals surface area contributed by atoms with Gasteiger partial charge in [0.2, 0.25) is 0 Å². The molecular formula is C23H36IN5OS. The summed E-state index contributed by atoms with van der Waals surface area (Å²) in [6.45, 7) is 15.4. The molecule has 3 rings (SSSR count). The number of guanidine groups is 1. The number of ether oxygens (including phenoxy) is 1. The Hall–Kier alpha value is -1.23. The van der Waals surface area contributed by atoms with Crippen molar-refractivity contribution in [3.05, 3.63) is 51.5 Å². The largest absolute Gasteiger partial charge is 0.379 e. The van der Waals surface area contributed by atoms with Gasteiger partial charge in [0.25, 0.3) is 0 Å². The normalized spacial score (nSPS) is 15.4. The number of aromatic nitrogens is 1. The molecule has 0 amide bonds. The van der Waals surface area contributed by atoms with Gasteiger partial charge in [0.1, 0.15) is 5.01 Å². The van der Waals surface area contributed by atoms with Gasteiger partial charge < -0.3 is 15.4 Å². The second kappa shape index (κ2) is 12.7. The summed E-state index contributed by atoms with van der Waals surface area (Å²) in [5, 5.41) is 10.0. The van der Waals surface area contributed by atoms with Crippen LogP contribution in [0.4, 0.5) is 0 Å². The van der Waals surface area contributed by atoms with Gasteiger partial charge in [-0.1, -0.05) is 45.0 Å². The fraction of sp³-hybridized carbons (Fsp3) is 0.565. The molecule has 0 aliphatic carbocycles. The van der Waals surface area contributed by atoms with Crippen molar-refractivity contribution < 1.29 is 4.74 Å². The highest BCUT2D eigenvalue weighted by Gasteiger charge is 2.17. The molecule has 1 aromatic heterocycles. The number of aliphatic imine (C=N–C) groups is 1. The Morgan fingerprint density at radius 2 is 1.87 bits per heavy atom. The Morgan fingerprint density at radius 1 is 1.16 bits per heavy atom. The molecule has 1 saturated heterocycles. The van der Waals surface area contributed by atoms with Crippen molar-refractivity contribution in [3.63, 3.8) is 0 Å².